The van der Waals surface area contributed by atoms with Gasteiger partial charge in [0.15, 0.2) is 9.84 Å². The van der Waals surface area contributed by atoms with E-state index in [0.717, 1.165) is 37.6 Å². The van der Waals surface area contributed by atoms with E-state index >= 15 is 0 Å². The average Bonchev–Trinajstić information content (AvgIpc) is 2.27. The maximum absolute atomic E-state index is 13.7. The number of aryl methyl sites for hydroxylation is 1. The Bertz CT molecular complexity index is 512. The minimum atomic E-state index is -3.50. The smallest absolute Gasteiger partial charge is 0.178 e. The van der Waals surface area contributed by atoms with Crippen LogP contribution in [-0.2, 0) is 9.84 Å². The summed E-state index contributed by atoms with van der Waals surface area (Å²) in [5, 5.41) is 3.13. The standard InChI is InChI=1S/C13H20FNO2S/c1-4-5-6-7-15-12-9-11(14)13(8-10(12)2)18(3,16)17/h8-9,15H,4-7H2,1-3H3. The van der Waals surface area contributed by atoms with Crippen molar-refractivity contribution in [1.29, 1.82) is 0 Å². The second-order valence-corrected chi connectivity index (χ2v) is 6.49. The predicted molar refractivity (Wildman–Crippen MR) is 72.3 cm³/mol. The van der Waals surface area contributed by atoms with Gasteiger partial charge in [0.2, 0.25) is 0 Å². The molecule has 0 saturated carbocycles. The first kappa shape index (κ1) is 15.0. The summed E-state index contributed by atoms with van der Waals surface area (Å²) in [4.78, 5) is -0.237. The Morgan fingerprint density at radius 2 is 1.94 bits per heavy atom. The highest BCUT2D eigenvalue weighted by molar-refractivity contribution is 7.90. The van der Waals surface area contributed by atoms with Gasteiger partial charge in [0.1, 0.15) is 10.7 Å². The molecule has 0 aromatic heterocycles. The van der Waals surface area contributed by atoms with E-state index in [-0.39, 0.29) is 4.90 Å². The van der Waals surface area contributed by atoms with Crippen LogP contribution in [0.15, 0.2) is 17.0 Å². The van der Waals surface area contributed by atoms with Gasteiger partial charge in [0.25, 0.3) is 0 Å². The normalized spacial score (nSPS) is 11.6. The van der Waals surface area contributed by atoms with Crippen LogP contribution in [-0.4, -0.2) is 21.2 Å². The molecule has 0 atom stereocenters. The third kappa shape index (κ3) is 3.98. The first-order valence-electron chi connectivity index (χ1n) is 6.10. The van der Waals surface area contributed by atoms with Gasteiger partial charge in [-0.25, -0.2) is 12.8 Å². The van der Waals surface area contributed by atoms with E-state index in [4.69, 9.17) is 0 Å². The number of benzene rings is 1. The van der Waals surface area contributed by atoms with Crippen LogP contribution in [0.25, 0.3) is 0 Å². The Kier molecular flexibility index (Phi) is 5.14. The first-order valence-corrected chi connectivity index (χ1v) is 7.99. The number of nitrogens with one attached hydrogen (secondary N) is 1. The van der Waals surface area contributed by atoms with E-state index in [1.807, 2.05) is 0 Å². The zero-order valence-electron chi connectivity index (χ0n) is 11.1. The van der Waals surface area contributed by atoms with Crippen LogP contribution in [0.1, 0.15) is 31.7 Å². The molecule has 5 heteroatoms. The fourth-order valence-corrected chi connectivity index (χ4v) is 2.53. The van der Waals surface area contributed by atoms with Crippen LogP contribution < -0.4 is 5.32 Å². The molecular weight excluding hydrogens is 253 g/mol. The molecule has 0 heterocycles. The van der Waals surface area contributed by atoms with Gasteiger partial charge in [-0.2, -0.15) is 0 Å². The molecule has 1 N–H and O–H groups in total. The van der Waals surface area contributed by atoms with E-state index in [2.05, 4.69) is 12.2 Å². The van der Waals surface area contributed by atoms with E-state index < -0.39 is 15.7 Å². The Morgan fingerprint density at radius 1 is 1.28 bits per heavy atom. The molecule has 0 bridgehead atoms. The number of anilines is 1. The van der Waals surface area contributed by atoms with Crippen LogP contribution >= 0.6 is 0 Å². The molecule has 0 amide bonds. The van der Waals surface area contributed by atoms with Crippen molar-refractivity contribution in [1.82, 2.24) is 0 Å². The van der Waals surface area contributed by atoms with E-state index in [1.165, 1.54) is 12.1 Å². The number of rotatable bonds is 6. The molecule has 0 fully saturated rings. The highest BCUT2D eigenvalue weighted by Crippen LogP contribution is 2.23. The highest BCUT2D eigenvalue weighted by atomic mass is 32.2. The minimum Gasteiger partial charge on any atom is -0.385 e. The van der Waals surface area contributed by atoms with E-state index in [0.29, 0.717) is 5.69 Å². The summed E-state index contributed by atoms with van der Waals surface area (Å²) in [6.07, 6.45) is 4.28. The zero-order chi connectivity index (χ0) is 13.8. The lowest BCUT2D eigenvalue weighted by molar-refractivity contribution is 0.570. The summed E-state index contributed by atoms with van der Waals surface area (Å²) in [6, 6.07) is 2.64. The fraction of sp³-hybridized carbons (Fsp3) is 0.538. The fourth-order valence-electron chi connectivity index (χ4n) is 1.73. The molecule has 1 rings (SSSR count). The molecule has 3 nitrogen and oxygen atoms in total. The van der Waals surface area contributed by atoms with Crippen molar-refractivity contribution in [3.8, 4) is 0 Å². The molecule has 1 aromatic carbocycles. The molecule has 0 saturated heterocycles. The molecule has 18 heavy (non-hydrogen) atoms. The van der Waals surface area contributed by atoms with Crippen LogP contribution in [0.3, 0.4) is 0 Å². The maximum atomic E-state index is 13.7. The summed E-state index contributed by atoms with van der Waals surface area (Å²) in [5.74, 6) is -0.693. The first-order chi connectivity index (χ1) is 8.36. The lowest BCUT2D eigenvalue weighted by Gasteiger charge is -2.11. The predicted octanol–water partition coefficient (Wildman–Crippen LogP) is 3.14. The summed E-state index contributed by atoms with van der Waals surface area (Å²) < 4.78 is 36.4. The highest BCUT2D eigenvalue weighted by Gasteiger charge is 2.15. The van der Waals surface area contributed by atoms with Gasteiger partial charge < -0.3 is 5.32 Å². The number of unbranched alkanes of at least 4 members (excludes halogenated alkanes) is 2. The number of hydrogen-bond acceptors (Lipinski definition) is 3. The molecule has 0 aliphatic rings. The molecule has 0 unspecified atom stereocenters. The van der Waals surface area contributed by atoms with Gasteiger partial charge in [-0.05, 0) is 31.0 Å². The van der Waals surface area contributed by atoms with Crippen molar-refractivity contribution in [2.24, 2.45) is 0 Å². The third-order valence-electron chi connectivity index (χ3n) is 2.77. The summed E-state index contributed by atoms with van der Waals surface area (Å²) in [6.45, 7) is 4.66. The number of hydrogen-bond donors (Lipinski definition) is 1. The Morgan fingerprint density at radius 3 is 2.50 bits per heavy atom. The molecule has 0 radical (unpaired) electrons. The summed E-state index contributed by atoms with van der Waals surface area (Å²) >= 11 is 0. The van der Waals surface area contributed by atoms with Crippen LogP contribution in [0.5, 0.6) is 0 Å². The summed E-state index contributed by atoms with van der Waals surface area (Å²) in [5.41, 5.74) is 1.41. The number of sulfone groups is 1. The zero-order valence-corrected chi connectivity index (χ0v) is 11.9. The quantitative estimate of drug-likeness (QED) is 0.810. The van der Waals surface area contributed by atoms with Crippen LogP contribution in [0.2, 0.25) is 0 Å². The molecule has 1 aromatic rings. The van der Waals surface area contributed by atoms with E-state index in [1.54, 1.807) is 6.92 Å². The lowest BCUT2D eigenvalue weighted by Crippen LogP contribution is -2.06. The van der Waals surface area contributed by atoms with Crippen LogP contribution in [0, 0.1) is 12.7 Å². The van der Waals surface area contributed by atoms with Crippen molar-refractivity contribution < 1.29 is 12.8 Å². The molecular formula is C13H20FNO2S. The average molecular weight is 273 g/mol. The Labute approximate surface area is 108 Å². The van der Waals surface area contributed by atoms with Gasteiger partial charge in [0, 0.05) is 18.5 Å². The summed E-state index contributed by atoms with van der Waals surface area (Å²) in [7, 11) is -3.50. The Hall–Kier alpha value is -1.10. The second kappa shape index (κ2) is 6.18. The van der Waals surface area contributed by atoms with Crippen LogP contribution in [0.4, 0.5) is 10.1 Å². The monoisotopic (exact) mass is 273 g/mol. The van der Waals surface area contributed by atoms with Crippen molar-refractivity contribution >= 4 is 15.5 Å². The number of halogens is 1. The lowest BCUT2D eigenvalue weighted by atomic mass is 10.2. The van der Waals surface area contributed by atoms with Crippen molar-refractivity contribution in [2.75, 3.05) is 18.1 Å². The largest absolute Gasteiger partial charge is 0.385 e. The van der Waals surface area contributed by atoms with Crippen molar-refractivity contribution in [3.05, 3.63) is 23.5 Å². The molecule has 0 spiro atoms. The SMILES string of the molecule is CCCCCNc1cc(F)c(S(C)(=O)=O)cc1C. The van der Waals surface area contributed by atoms with Gasteiger partial charge in [0.05, 0.1) is 0 Å². The maximum Gasteiger partial charge on any atom is 0.178 e. The Balaban J connectivity index is 2.87. The topological polar surface area (TPSA) is 46.2 Å². The van der Waals surface area contributed by atoms with Crippen molar-refractivity contribution in [2.45, 2.75) is 38.0 Å². The third-order valence-corrected chi connectivity index (χ3v) is 3.89. The second-order valence-electron chi connectivity index (χ2n) is 4.50. The molecule has 102 valence electrons. The van der Waals surface area contributed by atoms with Gasteiger partial charge >= 0.3 is 0 Å². The van der Waals surface area contributed by atoms with Crippen molar-refractivity contribution in [3.63, 3.8) is 0 Å². The molecule has 0 aliphatic heterocycles. The molecule has 0 aliphatic carbocycles. The van der Waals surface area contributed by atoms with Gasteiger partial charge in [-0.1, -0.05) is 19.8 Å². The minimum absolute atomic E-state index is 0.237. The van der Waals surface area contributed by atoms with Gasteiger partial charge in [-0.3, -0.25) is 0 Å². The van der Waals surface area contributed by atoms with E-state index in [9.17, 15) is 12.8 Å². The van der Waals surface area contributed by atoms with Gasteiger partial charge in [-0.15, -0.1) is 0 Å².